The van der Waals surface area contributed by atoms with E-state index >= 15 is 0 Å². The molecule has 3 radical (unpaired) electrons. The first-order chi connectivity index (χ1) is 20.7. The van der Waals surface area contributed by atoms with Gasteiger partial charge in [0, 0.05) is 19.0 Å². The van der Waals surface area contributed by atoms with E-state index in [1.165, 1.54) is 50.7 Å². The fourth-order valence-electron chi connectivity index (χ4n) is 4.16. The molecule has 0 heterocycles. The molecule has 0 bridgehead atoms. The van der Waals surface area contributed by atoms with Crippen LogP contribution in [0, 0.1) is 53.9 Å². The molecular weight excluding hydrogens is 783 g/mol. The molecular formula is C43H71Cl2Si2TiZr. The van der Waals surface area contributed by atoms with E-state index in [2.05, 4.69) is 185 Å². The molecule has 4 rings (SSSR count). The summed E-state index contributed by atoms with van der Waals surface area (Å²) in [5.41, 5.74) is 11.8. The van der Waals surface area contributed by atoms with Crippen molar-refractivity contribution in [1.82, 2.24) is 0 Å². The minimum absolute atomic E-state index is 0. The van der Waals surface area contributed by atoms with Gasteiger partial charge in [0.2, 0.25) is 0 Å². The molecule has 0 saturated heterocycles. The van der Waals surface area contributed by atoms with Crippen molar-refractivity contribution in [3.63, 3.8) is 0 Å². The molecule has 0 spiro atoms. The molecule has 2 atom stereocenters. The Morgan fingerprint density at radius 2 is 0.898 bits per heavy atom. The van der Waals surface area contributed by atoms with Gasteiger partial charge in [-0.2, -0.15) is 34.4 Å². The monoisotopic (exact) mass is 851 g/mol. The van der Waals surface area contributed by atoms with Crippen LogP contribution < -0.4 is 24.8 Å². The second kappa shape index (κ2) is 35.2. The Morgan fingerprint density at radius 1 is 0.673 bits per heavy atom. The van der Waals surface area contributed by atoms with Gasteiger partial charge < -0.3 is 24.8 Å². The van der Waals surface area contributed by atoms with Gasteiger partial charge >= 0.3 is 47.9 Å². The van der Waals surface area contributed by atoms with Crippen LogP contribution in [0.3, 0.4) is 0 Å². The third-order valence-electron chi connectivity index (χ3n) is 7.48. The van der Waals surface area contributed by atoms with Crippen LogP contribution in [-0.2, 0) is 47.9 Å². The summed E-state index contributed by atoms with van der Waals surface area (Å²) in [6.07, 6.45) is 25.5. The maximum absolute atomic E-state index is 3.36. The van der Waals surface area contributed by atoms with Crippen LogP contribution in [0.2, 0.25) is 26.2 Å². The van der Waals surface area contributed by atoms with Crippen molar-refractivity contribution in [3.05, 3.63) is 113 Å². The summed E-state index contributed by atoms with van der Waals surface area (Å²) in [5.74, 6) is 1.12. The second-order valence-electron chi connectivity index (χ2n) is 13.9. The molecule has 4 aliphatic rings. The minimum Gasteiger partial charge on any atom is -1.00 e. The zero-order chi connectivity index (χ0) is 36.0. The topological polar surface area (TPSA) is 0 Å². The van der Waals surface area contributed by atoms with Crippen molar-refractivity contribution >= 4 is 19.0 Å². The van der Waals surface area contributed by atoms with Crippen molar-refractivity contribution in [2.45, 2.75) is 136 Å². The van der Waals surface area contributed by atoms with E-state index in [-0.39, 0.29) is 72.7 Å². The number of allylic oxidation sites excluding steroid dienone is 17. The van der Waals surface area contributed by atoms with Crippen molar-refractivity contribution in [2.24, 2.45) is 22.7 Å². The molecule has 273 valence electrons. The Bertz CT molecular complexity index is 1040. The smallest absolute Gasteiger partial charge is 1.00 e. The van der Waals surface area contributed by atoms with E-state index in [9.17, 15) is 0 Å². The Kier molecular flexibility index (Phi) is 46.1. The molecule has 0 aromatic rings. The average Bonchev–Trinajstić information content (AvgIpc) is 3.74. The van der Waals surface area contributed by atoms with Crippen LogP contribution in [-0.4, -0.2) is 19.0 Å². The van der Waals surface area contributed by atoms with Crippen LogP contribution in [0.25, 0.3) is 0 Å². The second-order valence-corrected chi connectivity index (χ2v) is 16.2. The molecule has 0 nitrogen and oxygen atoms in total. The summed E-state index contributed by atoms with van der Waals surface area (Å²) in [6, 6.07) is 0. The first-order valence-corrected chi connectivity index (χ1v) is 21.3. The third-order valence-corrected chi connectivity index (χ3v) is 7.48. The normalized spacial score (nSPS) is 17.7. The number of halogens is 2. The molecule has 0 amide bonds. The largest absolute Gasteiger partial charge is 4.00 e. The Morgan fingerprint density at radius 3 is 0.959 bits per heavy atom. The van der Waals surface area contributed by atoms with E-state index in [0.717, 1.165) is 31.9 Å². The first kappa shape index (κ1) is 64.1. The number of hydrogen-bond acceptors (Lipinski definition) is 0. The maximum Gasteiger partial charge on any atom is 4.00 e. The van der Waals surface area contributed by atoms with Crippen LogP contribution in [0.15, 0.2) is 81.5 Å². The van der Waals surface area contributed by atoms with Gasteiger partial charge in [0.05, 0.1) is 0 Å². The fourth-order valence-corrected chi connectivity index (χ4v) is 4.16. The molecule has 49 heavy (non-hydrogen) atoms. The van der Waals surface area contributed by atoms with E-state index in [4.69, 9.17) is 0 Å². The predicted molar refractivity (Wildman–Crippen MR) is 213 cm³/mol. The maximum atomic E-state index is 3.36. The van der Waals surface area contributed by atoms with Gasteiger partial charge in [0.1, 0.15) is 0 Å². The van der Waals surface area contributed by atoms with Crippen molar-refractivity contribution < 1.29 is 72.7 Å². The van der Waals surface area contributed by atoms with Crippen LogP contribution >= 0.6 is 0 Å². The Labute approximate surface area is 360 Å². The zero-order valence-corrected chi connectivity index (χ0v) is 42.6. The zero-order valence-electron chi connectivity index (χ0n) is 34.8. The summed E-state index contributed by atoms with van der Waals surface area (Å²) >= 11 is 0. The number of hydrogen-bond donors (Lipinski definition) is 0. The molecule has 6 heteroatoms. The minimum atomic E-state index is 0. The molecule has 4 aliphatic carbocycles. The fraction of sp³-hybridized carbons (Fsp3) is 0.558. The summed E-state index contributed by atoms with van der Waals surface area (Å²) in [5, 5.41) is 0. The van der Waals surface area contributed by atoms with E-state index in [1.807, 2.05) is 0 Å². The molecule has 0 aliphatic heterocycles. The molecule has 0 aromatic carbocycles. The quantitative estimate of drug-likeness (QED) is 0.183. The molecule has 0 N–H and O–H groups in total. The molecule has 0 aromatic heterocycles. The van der Waals surface area contributed by atoms with Gasteiger partial charge in [-0.25, -0.2) is 54.0 Å². The number of rotatable bonds is 0. The summed E-state index contributed by atoms with van der Waals surface area (Å²) < 4.78 is 0. The summed E-state index contributed by atoms with van der Waals surface area (Å²) in [7, 11) is 1.50. The standard InChI is InChI=1S/4C9H13.C3H5.2C2H7Si.2ClH.Ti.Zr/c2*1-6-5-7(2)9(4)8(6)3;2*1-9(2,3)8-6-4-5-7-8;3*1-3-2;;;;/h2*6H,1-4H3;2*4,6H,5H2,1-3H3;3H,1-2H2;2*3H,1-2H3;2*1H;;/q5*-1;;;;;+4;+3/p-2. The van der Waals surface area contributed by atoms with Crippen molar-refractivity contribution in [2.75, 3.05) is 0 Å². The van der Waals surface area contributed by atoms with Gasteiger partial charge in [-0.05, 0) is 10.8 Å². The first-order valence-electron chi connectivity index (χ1n) is 16.7. The van der Waals surface area contributed by atoms with Gasteiger partial charge in [-0.15, -0.1) is 26.7 Å². The van der Waals surface area contributed by atoms with E-state index < -0.39 is 0 Å². The van der Waals surface area contributed by atoms with Crippen LogP contribution in [0.1, 0.15) is 110 Å². The van der Waals surface area contributed by atoms with E-state index in [1.54, 1.807) is 0 Å². The molecule has 0 saturated carbocycles. The van der Waals surface area contributed by atoms with Crippen LogP contribution in [0.4, 0.5) is 0 Å². The van der Waals surface area contributed by atoms with Gasteiger partial charge in [0.15, 0.2) is 0 Å². The predicted octanol–water partition coefficient (Wildman–Crippen LogP) is 6.94. The van der Waals surface area contributed by atoms with Gasteiger partial charge in [-0.1, -0.05) is 121 Å². The van der Waals surface area contributed by atoms with E-state index in [0.29, 0.717) is 22.7 Å². The SMILES string of the molecule is C=C[CH2-].CC(C)(C)C1=[C-]CC=C1.CC(C)(C)C1=[C-]CC=C1.CC1=[C-]C(C)C(C)=C1C.CC1=[C-]C(C)C(C)=C1C.C[SiH]C.C[SiH]C.[Cl-].[Cl-].[Ti+4].[Zr+3]. The summed E-state index contributed by atoms with van der Waals surface area (Å²) in [4.78, 5) is 0. The Balaban J connectivity index is -0.0000000866. The third kappa shape index (κ3) is 30.3. The average molecular weight is 854 g/mol. The van der Waals surface area contributed by atoms with Gasteiger partial charge in [-0.3, -0.25) is 24.3 Å². The Hall–Kier alpha value is 0.141. The van der Waals surface area contributed by atoms with Crippen LogP contribution in [0.5, 0.6) is 0 Å². The van der Waals surface area contributed by atoms with Gasteiger partial charge in [0.25, 0.3) is 0 Å². The molecule has 2 unspecified atom stereocenters. The summed E-state index contributed by atoms with van der Waals surface area (Å²) in [6.45, 7) is 46.0. The van der Waals surface area contributed by atoms with Crippen molar-refractivity contribution in [3.8, 4) is 0 Å². The molecule has 0 fully saturated rings. The van der Waals surface area contributed by atoms with Crippen molar-refractivity contribution in [1.29, 1.82) is 0 Å².